The van der Waals surface area contributed by atoms with Gasteiger partial charge in [0.1, 0.15) is 6.07 Å². The molecule has 8 nitrogen and oxygen atoms in total. The van der Waals surface area contributed by atoms with Gasteiger partial charge in [0.2, 0.25) is 10.0 Å². The number of rotatable bonds is 4. The van der Waals surface area contributed by atoms with Crippen LogP contribution in [0.4, 0.5) is 0 Å². The summed E-state index contributed by atoms with van der Waals surface area (Å²) in [4.78, 5) is 11.7. The van der Waals surface area contributed by atoms with Crippen molar-refractivity contribution in [2.45, 2.75) is 4.90 Å². The molecule has 0 saturated heterocycles. The zero-order valence-electron chi connectivity index (χ0n) is 14.7. The number of pyridine rings is 1. The van der Waals surface area contributed by atoms with Crippen LogP contribution in [0.3, 0.4) is 0 Å². The number of halogens is 1. The van der Waals surface area contributed by atoms with E-state index in [0.717, 1.165) is 15.9 Å². The van der Waals surface area contributed by atoms with E-state index in [2.05, 4.69) is 37.0 Å². The maximum absolute atomic E-state index is 11.4. The first-order valence-corrected chi connectivity index (χ1v) is 10.6. The molecule has 4 aromatic rings. The smallest absolute Gasteiger partial charge is 0.238 e. The standard InChI is InChI=1S/C19H13BrN6O2S/c20-13-9-17-19(23-11-13)25-18(24-17)12(10-21)8-15-2-1-7-26(15)14-3-5-16(6-4-14)29(22,27)28/h1-9,11H,(H2,22,27,28)(H,23,24,25)/b12-8-. The van der Waals surface area contributed by atoms with Crippen LogP contribution in [-0.4, -0.2) is 27.9 Å². The summed E-state index contributed by atoms with van der Waals surface area (Å²) in [6.07, 6.45) is 5.14. The summed E-state index contributed by atoms with van der Waals surface area (Å²) in [5.74, 6) is 0.408. The van der Waals surface area contributed by atoms with Gasteiger partial charge in [-0.25, -0.2) is 23.5 Å². The zero-order valence-corrected chi connectivity index (χ0v) is 17.1. The van der Waals surface area contributed by atoms with Crippen LogP contribution in [0.15, 0.2) is 64.2 Å². The molecule has 0 aliphatic heterocycles. The van der Waals surface area contributed by atoms with E-state index in [4.69, 9.17) is 5.14 Å². The van der Waals surface area contributed by atoms with Gasteiger partial charge in [-0.15, -0.1) is 0 Å². The summed E-state index contributed by atoms with van der Waals surface area (Å²) in [6.45, 7) is 0. The number of benzene rings is 1. The number of nitrogens with two attached hydrogens (primary N) is 1. The lowest BCUT2D eigenvalue weighted by atomic mass is 10.2. The molecule has 0 fully saturated rings. The van der Waals surface area contributed by atoms with Crippen molar-refractivity contribution in [3.05, 3.63) is 70.8 Å². The van der Waals surface area contributed by atoms with Gasteiger partial charge in [0.25, 0.3) is 0 Å². The van der Waals surface area contributed by atoms with Crippen molar-refractivity contribution < 1.29 is 8.42 Å². The van der Waals surface area contributed by atoms with Crippen LogP contribution in [0.1, 0.15) is 11.5 Å². The second-order valence-corrected chi connectivity index (χ2v) is 8.60. The van der Waals surface area contributed by atoms with Crippen LogP contribution in [0.2, 0.25) is 0 Å². The number of hydrogen-bond acceptors (Lipinski definition) is 5. The fourth-order valence-corrected chi connectivity index (χ4v) is 3.69. The Morgan fingerprint density at radius 2 is 2.03 bits per heavy atom. The summed E-state index contributed by atoms with van der Waals surface area (Å²) in [7, 11) is -3.76. The number of nitriles is 1. The Bertz CT molecular complexity index is 1390. The number of H-pyrrole nitrogens is 1. The number of nitrogens with one attached hydrogen (secondary N) is 1. The van der Waals surface area contributed by atoms with E-state index in [9.17, 15) is 13.7 Å². The number of aromatic amines is 1. The van der Waals surface area contributed by atoms with Gasteiger partial charge in [-0.05, 0) is 64.5 Å². The van der Waals surface area contributed by atoms with Crippen molar-refractivity contribution in [2.24, 2.45) is 5.14 Å². The van der Waals surface area contributed by atoms with Crippen molar-refractivity contribution in [3.8, 4) is 11.8 Å². The molecule has 0 aliphatic rings. The van der Waals surface area contributed by atoms with E-state index in [1.165, 1.54) is 12.1 Å². The lowest BCUT2D eigenvalue weighted by Crippen LogP contribution is -2.12. The lowest BCUT2D eigenvalue weighted by Gasteiger charge is -2.08. The highest BCUT2D eigenvalue weighted by molar-refractivity contribution is 9.10. The average Bonchev–Trinajstić information content (AvgIpc) is 3.31. The average molecular weight is 469 g/mol. The van der Waals surface area contributed by atoms with E-state index < -0.39 is 10.0 Å². The summed E-state index contributed by atoms with van der Waals surface area (Å²) < 4.78 is 25.5. The molecule has 144 valence electrons. The van der Waals surface area contributed by atoms with Crippen LogP contribution in [-0.2, 0) is 10.0 Å². The molecular weight excluding hydrogens is 456 g/mol. The van der Waals surface area contributed by atoms with Gasteiger partial charge in [0.05, 0.1) is 16.0 Å². The fraction of sp³-hybridized carbons (Fsp3) is 0. The number of allylic oxidation sites excluding steroid dienone is 1. The molecule has 0 amide bonds. The van der Waals surface area contributed by atoms with E-state index in [1.807, 2.05) is 29.0 Å². The molecule has 3 heterocycles. The first-order valence-electron chi connectivity index (χ1n) is 8.29. The largest absolute Gasteiger partial charge is 0.336 e. The molecule has 1 aromatic carbocycles. The minimum Gasteiger partial charge on any atom is -0.336 e. The van der Waals surface area contributed by atoms with Crippen LogP contribution < -0.4 is 5.14 Å². The Morgan fingerprint density at radius 1 is 1.28 bits per heavy atom. The molecular formula is C19H13BrN6O2S. The molecule has 0 unspecified atom stereocenters. The number of imidazole rings is 1. The normalized spacial score (nSPS) is 12.2. The van der Waals surface area contributed by atoms with Crippen LogP contribution in [0, 0.1) is 11.3 Å². The molecule has 3 N–H and O–H groups in total. The number of sulfonamides is 1. The van der Waals surface area contributed by atoms with E-state index in [1.54, 1.807) is 24.4 Å². The predicted octanol–water partition coefficient (Wildman–Crippen LogP) is 3.22. The number of primary sulfonamides is 1. The third-order valence-electron chi connectivity index (χ3n) is 4.20. The summed E-state index contributed by atoms with van der Waals surface area (Å²) >= 11 is 3.36. The highest BCUT2D eigenvalue weighted by atomic mass is 79.9. The van der Waals surface area contributed by atoms with Crippen LogP contribution >= 0.6 is 15.9 Å². The van der Waals surface area contributed by atoms with Crippen LogP contribution in [0.5, 0.6) is 0 Å². The molecule has 0 saturated carbocycles. The van der Waals surface area contributed by atoms with Gasteiger partial charge in [0, 0.05) is 28.2 Å². The summed E-state index contributed by atoms with van der Waals surface area (Å²) in [5.41, 5.74) is 3.00. The second kappa shape index (κ2) is 7.29. The Hall–Kier alpha value is -3.26. The Morgan fingerprint density at radius 3 is 2.72 bits per heavy atom. The number of aromatic nitrogens is 4. The van der Waals surface area contributed by atoms with Crippen molar-refractivity contribution in [1.29, 1.82) is 5.26 Å². The van der Waals surface area contributed by atoms with E-state index in [0.29, 0.717) is 22.6 Å². The van der Waals surface area contributed by atoms with Gasteiger partial charge < -0.3 is 9.55 Å². The molecule has 0 radical (unpaired) electrons. The molecule has 0 aliphatic carbocycles. The van der Waals surface area contributed by atoms with Crippen LogP contribution in [0.25, 0.3) is 28.5 Å². The number of hydrogen-bond donors (Lipinski definition) is 2. The topological polar surface area (TPSA) is 130 Å². The Labute approximate surface area is 174 Å². The summed E-state index contributed by atoms with van der Waals surface area (Å²) in [5, 5.41) is 14.8. The van der Waals surface area contributed by atoms with Crippen molar-refractivity contribution in [3.63, 3.8) is 0 Å². The SMILES string of the molecule is N#C/C(=C/c1cccn1-c1ccc(S(N)(=O)=O)cc1)c1nc2ncc(Br)cc2[nH]1. The minimum absolute atomic E-state index is 0.0316. The van der Waals surface area contributed by atoms with Crippen molar-refractivity contribution >= 4 is 48.8 Å². The van der Waals surface area contributed by atoms with Gasteiger partial charge in [0.15, 0.2) is 11.5 Å². The van der Waals surface area contributed by atoms with Crippen molar-refractivity contribution in [2.75, 3.05) is 0 Å². The molecule has 4 rings (SSSR count). The van der Waals surface area contributed by atoms with Gasteiger partial charge in [-0.3, -0.25) is 0 Å². The molecule has 3 aromatic heterocycles. The van der Waals surface area contributed by atoms with E-state index >= 15 is 0 Å². The van der Waals surface area contributed by atoms with E-state index in [-0.39, 0.29) is 4.90 Å². The third-order valence-corrected chi connectivity index (χ3v) is 5.56. The first kappa shape index (κ1) is 19.1. The molecule has 10 heteroatoms. The molecule has 0 spiro atoms. The van der Waals surface area contributed by atoms with Gasteiger partial charge in [-0.1, -0.05) is 0 Å². The zero-order chi connectivity index (χ0) is 20.6. The fourth-order valence-electron chi connectivity index (χ4n) is 2.85. The monoisotopic (exact) mass is 468 g/mol. The maximum Gasteiger partial charge on any atom is 0.238 e. The quantitative estimate of drug-likeness (QED) is 0.443. The molecule has 0 bridgehead atoms. The lowest BCUT2D eigenvalue weighted by molar-refractivity contribution is 0.598. The highest BCUT2D eigenvalue weighted by Crippen LogP contribution is 2.22. The second-order valence-electron chi connectivity index (χ2n) is 6.12. The third kappa shape index (κ3) is 3.84. The Balaban J connectivity index is 1.74. The predicted molar refractivity (Wildman–Crippen MR) is 112 cm³/mol. The summed E-state index contributed by atoms with van der Waals surface area (Å²) in [6, 6.07) is 13.8. The molecule has 29 heavy (non-hydrogen) atoms. The van der Waals surface area contributed by atoms with Gasteiger partial charge >= 0.3 is 0 Å². The number of nitrogens with zero attached hydrogens (tertiary/aromatic N) is 4. The maximum atomic E-state index is 11.4. The molecule has 0 atom stereocenters. The van der Waals surface area contributed by atoms with Crippen molar-refractivity contribution in [1.82, 2.24) is 19.5 Å². The Kier molecular flexibility index (Phi) is 4.79. The van der Waals surface area contributed by atoms with Gasteiger partial charge in [-0.2, -0.15) is 5.26 Å². The highest BCUT2D eigenvalue weighted by Gasteiger charge is 2.12. The number of fused-ring (bicyclic) bond motifs is 1. The minimum atomic E-state index is -3.76. The first-order chi connectivity index (χ1) is 13.8.